The Labute approximate surface area is 139 Å². The highest BCUT2D eigenvalue weighted by Gasteiger charge is 2.20. The van der Waals surface area contributed by atoms with Crippen molar-refractivity contribution in [3.05, 3.63) is 101 Å². The Morgan fingerprint density at radius 1 is 0.833 bits per heavy atom. The van der Waals surface area contributed by atoms with Gasteiger partial charge in [0, 0.05) is 22.9 Å². The Morgan fingerprint density at radius 3 is 2.12 bits per heavy atom. The average molecular weight is 312 g/mol. The maximum atomic E-state index is 12.7. The lowest BCUT2D eigenvalue weighted by Gasteiger charge is -2.08. The van der Waals surface area contributed by atoms with Gasteiger partial charge in [-0.1, -0.05) is 54.6 Å². The number of benzene rings is 2. The largest absolute Gasteiger partial charge is 0.289 e. The van der Waals surface area contributed by atoms with Crippen LogP contribution >= 0.6 is 0 Å². The maximum absolute atomic E-state index is 12.7. The van der Waals surface area contributed by atoms with Gasteiger partial charge in [-0.25, -0.2) is 0 Å². The Bertz CT molecular complexity index is 957. The molecule has 0 N–H and O–H groups in total. The fourth-order valence-electron chi connectivity index (χ4n) is 2.39. The zero-order valence-electron chi connectivity index (χ0n) is 12.6. The van der Waals surface area contributed by atoms with Crippen molar-refractivity contribution in [3.8, 4) is 6.07 Å². The summed E-state index contributed by atoms with van der Waals surface area (Å²) in [6, 6.07) is 20.3. The molecule has 114 valence electrons. The van der Waals surface area contributed by atoms with Gasteiger partial charge >= 0.3 is 0 Å². The third-order valence-electron chi connectivity index (χ3n) is 3.57. The first-order valence-corrected chi connectivity index (χ1v) is 7.30. The zero-order valence-corrected chi connectivity index (χ0v) is 12.6. The van der Waals surface area contributed by atoms with E-state index in [1.807, 2.05) is 12.1 Å². The van der Waals surface area contributed by atoms with Gasteiger partial charge in [0.2, 0.25) is 5.78 Å². The molecule has 2 aromatic carbocycles. The highest BCUT2D eigenvalue weighted by molar-refractivity contribution is 6.19. The molecule has 0 aliphatic heterocycles. The topological polar surface area (TPSA) is 70.8 Å². The maximum Gasteiger partial charge on any atom is 0.212 e. The fraction of sp³-hybridized carbons (Fsp3) is 0. The molecule has 0 amide bonds. The first kappa shape index (κ1) is 15.3. The number of aromatic nitrogens is 1. The lowest BCUT2D eigenvalue weighted by Crippen LogP contribution is -2.12. The van der Waals surface area contributed by atoms with Crippen LogP contribution in [0.15, 0.2) is 72.9 Å². The minimum Gasteiger partial charge on any atom is -0.289 e. The molecule has 1 aromatic heterocycles. The molecule has 0 aliphatic rings. The summed E-state index contributed by atoms with van der Waals surface area (Å²) in [4.78, 5) is 29.5. The van der Waals surface area contributed by atoms with Crippen LogP contribution in [0.1, 0.15) is 37.5 Å². The second kappa shape index (κ2) is 6.67. The summed E-state index contributed by atoms with van der Waals surface area (Å²) in [5.41, 5.74) is 1.59. The van der Waals surface area contributed by atoms with Crippen molar-refractivity contribution in [2.75, 3.05) is 0 Å². The summed E-state index contributed by atoms with van der Waals surface area (Å²) >= 11 is 0. The zero-order chi connectivity index (χ0) is 16.9. The summed E-state index contributed by atoms with van der Waals surface area (Å²) in [6.45, 7) is 0. The number of nitriles is 1. The number of pyridine rings is 1. The van der Waals surface area contributed by atoms with Gasteiger partial charge < -0.3 is 0 Å². The highest BCUT2D eigenvalue weighted by atomic mass is 16.1. The SMILES string of the molecule is N#Cc1ccnc(C(=O)c2ccccc2C(=O)c2ccccc2)c1. The van der Waals surface area contributed by atoms with Crippen LogP contribution < -0.4 is 0 Å². The summed E-state index contributed by atoms with van der Waals surface area (Å²) in [5.74, 6) is -0.608. The van der Waals surface area contributed by atoms with Gasteiger partial charge in [0.15, 0.2) is 5.78 Å². The fourth-order valence-corrected chi connectivity index (χ4v) is 2.39. The van der Waals surface area contributed by atoms with Gasteiger partial charge in [-0.3, -0.25) is 14.6 Å². The minimum absolute atomic E-state index is 0.141. The molecule has 0 bridgehead atoms. The lowest BCUT2D eigenvalue weighted by atomic mass is 9.94. The van der Waals surface area contributed by atoms with E-state index in [9.17, 15) is 9.59 Å². The Kier molecular flexibility index (Phi) is 4.26. The number of hydrogen-bond acceptors (Lipinski definition) is 4. The molecule has 0 saturated carbocycles. The van der Waals surface area contributed by atoms with Crippen molar-refractivity contribution in [2.24, 2.45) is 0 Å². The molecule has 0 radical (unpaired) electrons. The van der Waals surface area contributed by atoms with Gasteiger partial charge in [-0.05, 0) is 12.1 Å². The van der Waals surface area contributed by atoms with E-state index in [0.717, 1.165) is 0 Å². The third kappa shape index (κ3) is 2.96. The quantitative estimate of drug-likeness (QED) is 0.692. The molecule has 0 fully saturated rings. The molecule has 24 heavy (non-hydrogen) atoms. The van der Waals surface area contributed by atoms with Crippen molar-refractivity contribution in [1.82, 2.24) is 4.98 Å². The molecule has 4 nitrogen and oxygen atoms in total. The number of ketones is 2. The van der Waals surface area contributed by atoms with E-state index in [1.54, 1.807) is 48.5 Å². The van der Waals surface area contributed by atoms with Crippen LogP contribution in [0.5, 0.6) is 0 Å². The van der Waals surface area contributed by atoms with Gasteiger partial charge in [-0.2, -0.15) is 5.26 Å². The van der Waals surface area contributed by atoms with Crippen molar-refractivity contribution in [2.45, 2.75) is 0 Å². The van der Waals surface area contributed by atoms with Gasteiger partial charge in [-0.15, -0.1) is 0 Å². The molecule has 0 saturated heterocycles. The molecule has 0 aliphatic carbocycles. The number of rotatable bonds is 4. The van der Waals surface area contributed by atoms with Crippen LogP contribution in [-0.2, 0) is 0 Å². The normalized spacial score (nSPS) is 9.96. The standard InChI is InChI=1S/C20H12N2O2/c21-13-14-10-11-22-18(12-14)20(24)17-9-5-4-8-16(17)19(23)15-6-2-1-3-7-15/h1-12H. The second-order valence-electron chi connectivity index (χ2n) is 5.11. The van der Waals surface area contributed by atoms with Crippen molar-refractivity contribution < 1.29 is 9.59 Å². The van der Waals surface area contributed by atoms with E-state index in [-0.39, 0.29) is 22.8 Å². The molecular weight excluding hydrogens is 300 g/mol. The minimum atomic E-state index is -0.382. The Hall–Kier alpha value is -3.58. The summed E-state index contributed by atoms with van der Waals surface area (Å²) < 4.78 is 0. The number of nitrogens with zero attached hydrogens (tertiary/aromatic N) is 2. The third-order valence-corrected chi connectivity index (χ3v) is 3.57. The smallest absolute Gasteiger partial charge is 0.212 e. The summed E-state index contributed by atoms with van der Waals surface area (Å²) in [5, 5.41) is 8.96. The van der Waals surface area contributed by atoms with E-state index in [4.69, 9.17) is 5.26 Å². The Balaban J connectivity index is 2.05. The highest BCUT2D eigenvalue weighted by Crippen LogP contribution is 2.18. The van der Waals surface area contributed by atoms with Gasteiger partial charge in [0.25, 0.3) is 0 Å². The van der Waals surface area contributed by atoms with Crippen molar-refractivity contribution >= 4 is 11.6 Å². The first-order valence-electron chi connectivity index (χ1n) is 7.30. The number of carbonyl (C=O) groups is 2. The number of hydrogen-bond donors (Lipinski definition) is 0. The van der Waals surface area contributed by atoms with Crippen molar-refractivity contribution in [1.29, 1.82) is 5.26 Å². The first-order chi connectivity index (χ1) is 11.7. The van der Waals surface area contributed by atoms with Crippen LogP contribution in [-0.4, -0.2) is 16.6 Å². The van der Waals surface area contributed by atoms with Crippen LogP contribution in [0.25, 0.3) is 0 Å². The van der Waals surface area contributed by atoms with Crippen LogP contribution in [0.4, 0.5) is 0 Å². The van der Waals surface area contributed by atoms with E-state index < -0.39 is 0 Å². The molecule has 0 atom stereocenters. The van der Waals surface area contributed by atoms with Gasteiger partial charge in [0.1, 0.15) is 5.69 Å². The summed E-state index contributed by atoms with van der Waals surface area (Å²) in [7, 11) is 0. The molecule has 1 heterocycles. The monoisotopic (exact) mass is 312 g/mol. The van der Waals surface area contributed by atoms with E-state index >= 15 is 0 Å². The van der Waals surface area contributed by atoms with E-state index in [2.05, 4.69) is 4.98 Å². The average Bonchev–Trinajstić information content (AvgIpc) is 2.67. The van der Waals surface area contributed by atoms with Gasteiger partial charge in [0.05, 0.1) is 11.6 Å². The lowest BCUT2D eigenvalue weighted by molar-refractivity contribution is 0.100. The molecule has 3 rings (SSSR count). The molecule has 4 heteroatoms. The molecule has 0 unspecified atom stereocenters. The van der Waals surface area contributed by atoms with Crippen LogP contribution in [0, 0.1) is 11.3 Å². The second-order valence-corrected chi connectivity index (χ2v) is 5.11. The summed E-state index contributed by atoms with van der Waals surface area (Å²) in [6.07, 6.45) is 1.41. The van der Waals surface area contributed by atoms with E-state index in [1.165, 1.54) is 18.3 Å². The predicted octanol–water partition coefficient (Wildman–Crippen LogP) is 3.42. The molecule has 3 aromatic rings. The molecule has 0 spiro atoms. The molecular formula is C20H12N2O2. The predicted molar refractivity (Wildman–Crippen MR) is 88.7 cm³/mol. The van der Waals surface area contributed by atoms with Crippen LogP contribution in [0.2, 0.25) is 0 Å². The van der Waals surface area contributed by atoms with E-state index in [0.29, 0.717) is 16.7 Å². The number of carbonyl (C=O) groups excluding carboxylic acids is 2. The van der Waals surface area contributed by atoms with Crippen molar-refractivity contribution in [3.63, 3.8) is 0 Å². The van der Waals surface area contributed by atoms with Crippen LogP contribution in [0.3, 0.4) is 0 Å². The Morgan fingerprint density at radius 2 is 1.46 bits per heavy atom.